The molecule has 7 heteroatoms. The molecule has 30 heavy (non-hydrogen) atoms. The van der Waals surface area contributed by atoms with Crippen molar-refractivity contribution in [3.05, 3.63) is 52.2 Å². The zero-order valence-electron chi connectivity index (χ0n) is 17.7. The van der Waals surface area contributed by atoms with Gasteiger partial charge >= 0.3 is 0 Å². The van der Waals surface area contributed by atoms with Crippen molar-refractivity contribution >= 4 is 17.3 Å². The average Bonchev–Trinajstić information content (AvgIpc) is 3.29. The van der Waals surface area contributed by atoms with Gasteiger partial charge < -0.3 is 20.1 Å². The summed E-state index contributed by atoms with van der Waals surface area (Å²) in [6.45, 7) is 5.01. The number of thiophene rings is 1. The van der Waals surface area contributed by atoms with Crippen molar-refractivity contribution in [3.63, 3.8) is 0 Å². The van der Waals surface area contributed by atoms with Crippen molar-refractivity contribution in [3.8, 4) is 5.75 Å². The summed E-state index contributed by atoms with van der Waals surface area (Å²) < 4.78 is 11.7. The lowest BCUT2D eigenvalue weighted by Gasteiger charge is -2.34. The number of guanidine groups is 1. The van der Waals surface area contributed by atoms with Crippen LogP contribution in [0.25, 0.3) is 0 Å². The van der Waals surface area contributed by atoms with Crippen LogP contribution in [0.1, 0.15) is 35.7 Å². The molecule has 1 unspecified atom stereocenters. The first kappa shape index (κ1) is 21.2. The van der Waals surface area contributed by atoms with Gasteiger partial charge in [-0.1, -0.05) is 24.3 Å². The molecule has 2 aromatic rings. The first-order valence-electron chi connectivity index (χ1n) is 10.9. The Bertz CT molecular complexity index is 801. The molecule has 2 N–H and O–H groups in total. The van der Waals surface area contributed by atoms with E-state index in [1.54, 1.807) is 0 Å². The van der Waals surface area contributed by atoms with E-state index in [4.69, 9.17) is 9.47 Å². The van der Waals surface area contributed by atoms with E-state index < -0.39 is 0 Å². The summed E-state index contributed by atoms with van der Waals surface area (Å²) in [5.74, 6) is 1.79. The predicted octanol–water partition coefficient (Wildman–Crippen LogP) is 3.42. The number of benzene rings is 1. The van der Waals surface area contributed by atoms with E-state index >= 15 is 0 Å². The van der Waals surface area contributed by atoms with E-state index in [1.165, 1.54) is 11.3 Å². The molecule has 2 fully saturated rings. The van der Waals surface area contributed by atoms with Crippen LogP contribution in [0, 0.1) is 0 Å². The van der Waals surface area contributed by atoms with Crippen LogP contribution in [-0.4, -0.2) is 56.9 Å². The Labute approximate surface area is 183 Å². The van der Waals surface area contributed by atoms with E-state index in [1.807, 2.05) is 24.5 Å². The number of para-hydroxylation sites is 1. The van der Waals surface area contributed by atoms with Gasteiger partial charge in [-0.15, -0.1) is 11.3 Å². The number of nitrogens with zero attached hydrogens (tertiary/aromatic N) is 2. The van der Waals surface area contributed by atoms with Crippen LogP contribution in [0.3, 0.4) is 0 Å². The summed E-state index contributed by atoms with van der Waals surface area (Å²) in [4.78, 5) is 8.30. The number of rotatable bonds is 8. The van der Waals surface area contributed by atoms with E-state index in [2.05, 4.69) is 56.2 Å². The Hall–Kier alpha value is -2.09. The lowest BCUT2D eigenvalue weighted by atomic mass is 9.96. The van der Waals surface area contributed by atoms with Gasteiger partial charge in [-0.25, -0.2) is 0 Å². The quantitative estimate of drug-likeness (QED) is 0.498. The van der Waals surface area contributed by atoms with E-state index in [9.17, 15) is 0 Å². The topological polar surface area (TPSA) is 58.1 Å². The molecule has 162 valence electrons. The number of ether oxygens (including phenoxy) is 2. The van der Waals surface area contributed by atoms with E-state index in [-0.39, 0.29) is 0 Å². The number of aliphatic imine (C=N–C) groups is 1. The minimum absolute atomic E-state index is 0.321. The van der Waals surface area contributed by atoms with Crippen molar-refractivity contribution in [2.45, 2.75) is 38.0 Å². The minimum Gasteiger partial charge on any atom is -0.490 e. The maximum Gasteiger partial charge on any atom is 0.191 e. The summed E-state index contributed by atoms with van der Waals surface area (Å²) in [6.07, 6.45) is 3.98. The first-order valence-corrected chi connectivity index (χ1v) is 11.8. The Morgan fingerprint density at radius 2 is 2.03 bits per heavy atom. The molecule has 2 heterocycles. The van der Waals surface area contributed by atoms with Gasteiger partial charge in [0.05, 0.1) is 25.4 Å². The molecular formula is C23H32N4O2S. The van der Waals surface area contributed by atoms with Gasteiger partial charge in [-0.2, -0.15) is 0 Å². The normalized spacial score (nSPS) is 19.2. The van der Waals surface area contributed by atoms with Crippen molar-refractivity contribution in [2.24, 2.45) is 4.99 Å². The fourth-order valence-corrected chi connectivity index (χ4v) is 4.67. The van der Waals surface area contributed by atoms with Gasteiger partial charge in [0.15, 0.2) is 5.96 Å². The van der Waals surface area contributed by atoms with Crippen LogP contribution in [0.15, 0.2) is 46.8 Å². The second-order valence-corrected chi connectivity index (χ2v) is 8.74. The Morgan fingerprint density at radius 3 is 2.73 bits per heavy atom. The first-order chi connectivity index (χ1) is 14.8. The van der Waals surface area contributed by atoms with Gasteiger partial charge in [0.1, 0.15) is 5.75 Å². The molecule has 1 aliphatic heterocycles. The molecule has 1 aromatic heterocycles. The standard InChI is InChI=1S/C23H32N4O2S/c1-24-23(25-16-18-6-2-3-9-21(18)29-19-7-4-8-19)26-17-20(22-10-5-15-30-22)27-11-13-28-14-12-27/h2-3,5-6,9-10,15,19-20H,4,7-8,11-14,16-17H2,1H3,(H2,24,25,26). The van der Waals surface area contributed by atoms with Crippen LogP contribution in [0.5, 0.6) is 5.75 Å². The minimum atomic E-state index is 0.321. The Morgan fingerprint density at radius 1 is 1.20 bits per heavy atom. The summed E-state index contributed by atoms with van der Waals surface area (Å²) >= 11 is 1.81. The Kier molecular flexibility index (Phi) is 7.61. The van der Waals surface area contributed by atoms with E-state index in [0.717, 1.165) is 63.0 Å². The summed E-state index contributed by atoms with van der Waals surface area (Å²) in [5.41, 5.74) is 1.16. The third kappa shape index (κ3) is 5.53. The van der Waals surface area contributed by atoms with Crippen molar-refractivity contribution in [1.82, 2.24) is 15.5 Å². The van der Waals surface area contributed by atoms with Crippen LogP contribution < -0.4 is 15.4 Å². The largest absolute Gasteiger partial charge is 0.490 e. The third-order valence-electron chi connectivity index (χ3n) is 5.81. The molecule has 2 aliphatic rings. The zero-order valence-corrected chi connectivity index (χ0v) is 18.5. The fourth-order valence-electron chi connectivity index (χ4n) is 3.81. The highest BCUT2D eigenvalue weighted by atomic mass is 32.1. The van der Waals surface area contributed by atoms with Crippen LogP contribution in [-0.2, 0) is 11.3 Å². The second kappa shape index (κ2) is 10.8. The summed E-state index contributed by atoms with van der Waals surface area (Å²) in [6, 6.07) is 13.0. The van der Waals surface area contributed by atoms with Gasteiger partial charge in [0, 0.05) is 43.7 Å². The monoisotopic (exact) mass is 428 g/mol. The highest BCUT2D eigenvalue weighted by Crippen LogP contribution is 2.28. The number of morpholine rings is 1. The van der Waals surface area contributed by atoms with Gasteiger partial charge in [-0.3, -0.25) is 9.89 Å². The summed E-state index contributed by atoms with van der Waals surface area (Å²) in [7, 11) is 1.82. The SMILES string of the molecule is CN=C(NCc1ccccc1OC1CCC1)NCC(c1cccs1)N1CCOCC1. The molecule has 1 aromatic carbocycles. The smallest absolute Gasteiger partial charge is 0.191 e. The maximum absolute atomic E-state index is 6.16. The predicted molar refractivity (Wildman–Crippen MR) is 122 cm³/mol. The lowest BCUT2D eigenvalue weighted by molar-refractivity contribution is 0.0177. The average molecular weight is 429 g/mol. The maximum atomic E-state index is 6.16. The molecule has 1 aliphatic carbocycles. The van der Waals surface area contributed by atoms with Crippen molar-refractivity contribution in [2.75, 3.05) is 39.9 Å². The molecule has 6 nitrogen and oxygen atoms in total. The van der Waals surface area contributed by atoms with Crippen LogP contribution in [0.2, 0.25) is 0 Å². The molecule has 0 radical (unpaired) electrons. The summed E-state index contributed by atoms with van der Waals surface area (Å²) in [5, 5.41) is 9.14. The molecule has 1 saturated heterocycles. The second-order valence-electron chi connectivity index (χ2n) is 7.76. The van der Waals surface area contributed by atoms with Gasteiger partial charge in [-0.05, 0) is 36.8 Å². The highest BCUT2D eigenvalue weighted by Gasteiger charge is 2.24. The van der Waals surface area contributed by atoms with Gasteiger partial charge in [0.25, 0.3) is 0 Å². The van der Waals surface area contributed by atoms with Crippen molar-refractivity contribution in [1.29, 1.82) is 0 Å². The highest BCUT2D eigenvalue weighted by molar-refractivity contribution is 7.10. The molecule has 0 bridgehead atoms. The van der Waals surface area contributed by atoms with E-state index in [0.29, 0.717) is 18.7 Å². The number of nitrogens with one attached hydrogen (secondary N) is 2. The van der Waals surface area contributed by atoms with Crippen LogP contribution in [0.4, 0.5) is 0 Å². The van der Waals surface area contributed by atoms with Crippen molar-refractivity contribution < 1.29 is 9.47 Å². The third-order valence-corrected chi connectivity index (χ3v) is 6.78. The fraction of sp³-hybridized carbons (Fsp3) is 0.522. The molecule has 1 atom stereocenters. The molecule has 4 rings (SSSR count). The number of hydrogen-bond donors (Lipinski definition) is 2. The molecule has 0 amide bonds. The van der Waals surface area contributed by atoms with Gasteiger partial charge in [0.2, 0.25) is 0 Å². The zero-order chi connectivity index (χ0) is 20.6. The molecule has 1 saturated carbocycles. The molecular weight excluding hydrogens is 396 g/mol. The number of hydrogen-bond acceptors (Lipinski definition) is 5. The lowest BCUT2D eigenvalue weighted by Crippen LogP contribution is -2.46. The van der Waals surface area contributed by atoms with Crippen LogP contribution >= 0.6 is 11.3 Å². The Balaban J connectivity index is 1.34. The molecule has 0 spiro atoms.